The van der Waals surface area contributed by atoms with E-state index in [0.717, 1.165) is 6.42 Å². The molecule has 0 aliphatic heterocycles. The van der Waals surface area contributed by atoms with E-state index >= 15 is 0 Å². The number of rotatable bonds is 5. The van der Waals surface area contributed by atoms with Crippen LogP contribution in [0.15, 0.2) is 42.5 Å². The predicted octanol–water partition coefficient (Wildman–Crippen LogP) is 7.35. The molecule has 2 aromatic carbocycles. The molecule has 0 N–H and O–H groups in total. The van der Waals surface area contributed by atoms with Crippen LogP contribution in [0, 0.1) is 0 Å². The molecule has 0 bridgehead atoms. The average Bonchev–Trinajstić information content (AvgIpc) is 3.20. The Balaban J connectivity index is 1.34. The summed E-state index contributed by atoms with van der Waals surface area (Å²) in [4.78, 5) is 0. The number of benzene rings is 2. The minimum Gasteiger partial charge on any atom is -0.397 e. The fraction of sp³-hybridized carbons (Fsp3) is 0.556. The Morgan fingerprint density at radius 1 is 0.700 bits per heavy atom. The fourth-order valence-corrected chi connectivity index (χ4v) is 11.5. The van der Waals surface area contributed by atoms with E-state index in [1.807, 2.05) is 14.2 Å². The predicted molar refractivity (Wildman–Crippen MR) is 126 cm³/mol. The Kier molecular flexibility index (Phi) is 5.87. The highest BCUT2D eigenvalue weighted by atomic mass is 28.4. The number of hydrogen-bond acceptors (Lipinski definition) is 2. The highest BCUT2D eigenvalue weighted by Crippen LogP contribution is 2.52. The van der Waals surface area contributed by atoms with Crippen molar-refractivity contribution in [3.63, 3.8) is 0 Å². The SMILES string of the molecule is CO[Si](OC)(C1CCCCC1)C1CCC(c2cccc3c2Cc2ccccc2-3)CC1. The van der Waals surface area contributed by atoms with Crippen LogP contribution in [0.25, 0.3) is 11.1 Å². The summed E-state index contributed by atoms with van der Waals surface area (Å²) in [5, 5.41) is 0. The van der Waals surface area contributed by atoms with Crippen molar-refractivity contribution < 1.29 is 8.85 Å². The van der Waals surface area contributed by atoms with Gasteiger partial charge < -0.3 is 8.85 Å². The van der Waals surface area contributed by atoms with Gasteiger partial charge in [0.1, 0.15) is 0 Å². The van der Waals surface area contributed by atoms with E-state index in [1.54, 1.807) is 11.1 Å². The molecule has 0 atom stereocenters. The maximum atomic E-state index is 6.34. The molecule has 3 aliphatic carbocycles. The third-order valence-corrected chi connectivity index (χ3v) is 13.1. The Morgan fingerprint density at radius 2 is 1.37 bits per heavy atom. The Labute approximate surface area is 183 Å². The molecule has 5 rings (SSSR count). The summed E-state index contributed by atoms with van der Waals surface area (Å²) in [5.41, 5.74) is 8.98. The maximum Gasteiger partial charge on any atom is 0.344 e. The summed E-state index contributed by atoms with van der Waals surface area (Å²) in [7, 11) is 1.74. The third-order valence-electron chi connectivity index (χ3n) is 8.44. The zero-order chi connectivity index (χ0) is 20.6. The Morgan fingerprint density at radius 3 is 2.10 bits per heavy atom. The molecule has 0 spiro atoms. The normalized spacial score (nSPS) is 24.5. The lowest BCUT2D eigenvalue weighted by molar-refractivity contribution is 0.191. The van der Waals surface area contributed by atoms with Crippen LogP contribution >= 0.6 is 0 Å². The molecule has 3 heteroatoms. The van der Waals surface area contributed by atoms with Crippen molar-refractivity contribution in [2.45, 2.75) is 81.2 Å². The summed E-state index contributed by atoms with van der Waals surface area (Å²) in [6, 6.07) is 16.0. The van der Waals surface area contributed by atoms with Crippen molar-refractivity contribution in [1.82, 2.24) is 0 Å². The first kappa shape index (κ1) is 20.5. The van der Waals surface area contributed by atoms with E-state index in [-0.39, 0.29) is 0 Å². The first-order chi connectivity index (χ1) is 14.8. The fourth-order valence-electron chi connectivity index (χ4n) is 6.96. The lowest BCUT2D eigenvalue weighted by atomic mass is 9.81. The number of hydrogen-bond donors (Lipinski definition) is 0. The van der Waals surface area contributed by atoms with Crippen LogP contribution in [0.3, 0.4) is 0 Å². The van der Waals surface area contributed by atoms with Gasteiger partial charge >= 0.3 is 8.56 Å². The van der Waals surface area contributed by atoms with Crippen LogP contribution < -0.4 is 0 Å². The minimum absolute atomic E-state index is 0.654. The minimum atomic E-state index is -2.14. The lowest BCUT2D eigenvalue weighted by Crippen LogP contribution is -2.51. The second-order valence-corrected chi connectivity index (χ2v) is 13.6. The molecule has 2 saturated carbocycles. The summed E-state index contributed by atoms with van der Waals surface area (Å²) in [6.45, 7) is 0. The third kappa shape index (κ3) is 3.39. The summed E-state index contributed by atoms with van der Waals surface area (Å²) in [5.74, 6) is 0.692. The van der Waals surface area contributed by atoms with Gasteiger partial charge in [-0.3, -0.25) is 0 Å². The van der Waals surface area contributed by atoms with Crippen molar-refractivity contribution in [2.24, 2.45) is 0 Å². The largest absolute Gasteiger partial charge is 0.397 e. The molecule has 30 heavy (non-hydrogen) atoms. The lowest BCUT2D eigenvalue weighted by Gasteiger charge is -2.45. The zero-order valence-electron chi connectivity index (χ0n) is 18.7. The van der Waals surface area contributed by atoms with Gasteiger partial charge in [-0.25, -0.2) is 0 Å². The van der Waals surface area contributed by atoms with E-state index < -0.39 is 8.56 Å². The van der Waals surface area contributed by atoms with Gasteiger partial charge in [-0.15, -0.1) is 0 Å². The van der Waals surface area contributed by atoms with E-state index in [1.165, 1.54) is 74.5 Å². The van der Waals surface area contributed by atoms with Gasteiger partial charge in [0.25, 0.3) is 0 Å². The standard InChI is InChI=1S/C27H36O2Si/c1-28-30(29-2,22-10-4-3-5-11-22)23-17-15-20(16-18-23)24-13-8-14-26-25-12-7-6-9-21(25)19-27(24)26/h6-9,12-14,20,22-23H,3-5,10-11,15-19H2,1-2H3. The van der Waals surface area contributed by atoms with Crippen LogP contribution in [-0.4, -0.2) is 22.8 Å². The van der Waals surface area contributed by atoms with Crippen LogP contribution in [0.2, 0.25) is 11.1 Å². The molecular formula is C27H36O2Si. The van der Waals surface area contributed by atoms with Crippen LogP contribution in [-0.2, 0) is 15.3 Å². The van der Waals surface area contributed by atoms with Gasteiger partial charge in [0.15, 0.2) is 0 Å². The summed E-state index contributed by atoms with van der Waals surface area (Å²) in [6.07, 6.45) is 13.0. The molecule has 0 saturated heterocycles. The summed E-state index contributed by atoms with van der Waals surface area (Å²) < 4.78 is 12.7. The van der Waals surface area contributed by atoms with Crippen LogP contribution in [0.4, 0.5) is 0 Å². The van der Waals surface area contributed by atoms with Crippen molar-refractivity contribution in [3.8, 4) is 11.1 Å². The maximum absolute atomic E-state index is 6.34. The monoisotopic (exact) mass is 420 g/mol. The topological polar surface area (TPSA) is 18.5 Å². The quantitative estimate of drug-likeness (QED) is 0.402. The molecule has 2 nitrogen and oxygen atoms in total. The smallest absolute Gasteiger partial charge is 0.344 e. The first-order valence-corrected chi connectivity index (χ1v) is 14.0. The molecule has 160 valence electrons. The van der Waals surface area contributed by atoms with Gasteiger partial charge in [-0.05, 0) is 78.7 Å². The van der Waals surface area contributed by atoms with Crippen molar-refractivity contribution in [1.29, 1.82) is 0 Å². The summed E-state index contributed by atoms with van der Waals surface area (Å²) >= 11 is 0. The molecule has 0 amide bonds. The van der Waals surface area contributed by atoms with Crippen molar-refractivity contribution in [3.05, 3.63) is 59.2 Å². The molecule has 2 fully saturated rings. The van der Waals surface area contributed by atoms with E-state index in [0.29, 0.717) is 17.0 Å². The molecule has 0 aromatic heterocycles. The van der Waals surface area contributed by atoms with E-state index in [2.05, 4.69) is 42.5 Å². The molecule has 0 heterocycles. The van der Waals surface area contributed by atoms with Gasteiger partial charge in [0.05, 0.1) is 0 Å². The van der Waals surface area contributed by atoms with E-state index in [4.69, 9.17) is 8.85 Å². The van der Waals surface area contributed by atoms with Gasteiger partial charge in [0.2, 0.25) is 0 Å². The highest BCUT2D eigenvalue weighted by molar-refractivity contribution is 6.70. The Hall–Kier alpha value is -1.42. The van der Waals surface area contributed by atoms with Gasteiger partial charge in [0, 0.05) is 25.3 Å². The zero-order valence-corrected chi connectivity index (χ0v) is 19.7. The Bertz CT molecular complexity index is 874. The van der Waals surface area contributed by atoms with Crippen molar-refractivity contribution >= 4 is 8.56 Å². The molecular weight excluding hydrogens is 384 g/mol. The van der Waals surface area contributed by atoms with Crippen molar-refractivity contribution in [2.75, 3.05) is 14.2 Å². The molecule has 2 aromatic rings. The molecule has 0 unspecified atom stereocenters. The van der Waals surface area contributed by atoms with Gasteiger partial charge in [-0.2, -0.15) is 0 Å². The van der Waals surface area contributed by atoms with Gasteiger partial charge in [-0.1, -0.05) is 61.7 Å². The first-order valence-electron chi connectivity index (χ1n) is 12.1. The second kappa shape index (κ2) is 8.61. The molecule has 3 aliphatic rings. The van der Waals surface area contributed by atoms with E-state index in [9.17, 15) is 0 Å². The average molecular weight is 421 g/mol. The highest BCUT2D eigenvalue weighted by Gasteiger charge is 2.52. The van der Waals surface area contributed by atoms with Crippen LogP contribution in [0.5, 0.6) is 0 Å². The molecule has 0 radical (unpaired) electrons. The number of fused-ring (bicyclic) bond motifs is 3. The second-order valence-electron chi connectivity index (χ2n) is 9.72. The van der Waals surface area contributed by atoms with Crippen LogP contribution in [0.1, 0.15) is 80.4 Å².